The second-order valence-corrected chi connectivity index (χ2v) is 8.09. The minimum absolute atomic E-state index is 0.672. The van der Waals surface area contributed by atoms with Crippen molar-refractivity contribution < 1.29 is 4.74 Å². The molecule has 0 aliphatic rings. The smallest absolute Gasteiger partial charge is 0.190 e. The standard InChI is InChI=1S/C23H22N2OS2/c1-2-26-20-12-10-19(11-13-20)24-23-25(15-14-18-7-4-3-5-8-18)21(17-28-23)22-9-6-16-27-22/h3-13,16-17H,2,14-15H2,1H3. The maximum Gasteiger partial charge on any atom is 0.190 e. The lowest BCUT2D eigenvalue weighted by Crippen LogP contribution is -2.17. The zero-order chi connectivity index (χ0) is 19.2. The molecule has 0 aliphatic carbocycles. The Morgan fingerprint density at radius 1 is 0.929 bits per heavy atom. The van der Waals surface area contributed by atoms with Gasteiger partial charge in [0.05, 0.1) is 22.9 Å². The van der Waals surface area contributed by atoms with E-state index in [0.29, 0.717) is 6.61 Å². The predicted molar refractivity (Wildman–Crippen MR) is 119 cm³/mol. The Bertz CT molecular complexity index is 1060. The first-order valence-corrected chi connectivity index (χ1v) is 11.1. The van der Waals surface area contributed by atoms with E-state index in [9.17, 15) is 0 Å². The van der Waals surface area contributed by atoms with E-state index in [1.54, 1.807) is 22.7 Å². The van der Waals surface area contributed by atoms with Gasteiger partial charge in [-0.25, -0.2) is 4.99 Å². The van der Waals surface area contributed by atoms with Crippen LogP contribution >= 0.6 is 22.7 Å². The van der Waals surface area contributed by atoms with E-state index in [0.717, 1.165) is 29.2 Å². The summed E-state index contributed by atoms with van der Waals surface area (Å²) in [5.74, 6) is 0.879. The molecule has 0 aliphatic heterocycles. The van der Waals surface area contributed by atoms with E-state index in [2.05, 4.69) is 57.8 Å². The SMILES string of the molecule is CCOc1ccc(N=c2scc(-c3cccs3)n2CCc2ccccc2)cc1. The molecule has 0 atom stereocenters. The summed E-state index contributed by atoms with van der Waals surface area (Å²) in [7, 11) is 0. The molecule has 0 bridgehead atoms. The lowest BCUT2D eigenvalue weighted by molar-refractivity contribution is 0.340. The highest BCUT2D eigenvalue weighted by Gasteiger charge is 2.09. The number of aryl methyl sites for hydroxylation is 1. The summed E-state index contributed by atoms with van der Waals surface area (Å²) < 4.78 is 7.87. The molecule has 0 saturated heterocycles. The summed E-state index contributed by atoms with van der Waals surface area (Å²) >= 11 is 3.46. The Morgan fingerprint density at radius 3 is 2.46 bits per heavy atom. The molecule has 2 aromatic heterocycles. The van der Waals surface area contributed by atoms with E-state index in [4.69, 9.17) is 9.73 Å². The Labute approximate surface area is 173 Å². The molecular weight excluding hydrogens is 384 g/mol. The third-order valence-electron chi connectivity index (χ3n) is 4.41. The molecule has 0 saturated carbocycles. The Kier molecular flexibility index (Phi) is 6.04. The number of hydrogen-bond donors (Lipinski definition) is 0. The summed E-state index contributed by atoms with van der Waals surface area (Å²) in [6.45, 7) is 3.56. The van der Waals surface area contributed by atoms with Crippen LogP contribution in [0.4, 0.5) is 5.69 Å². The first-order valence-electron chi connectivity index (χ1n) is 9.37. The summed E-state index contributed by atoms with van der Waals surface area (Å²) in [6, 6.07) is 22.9. The zero-order valence-electron chi connectivity index (χ0n) is 15.7. The van der Waals surface area contributed by atoms with Crippen molar-refractivity contribution >= 4 is 28.4 Å². The molecule has 0 fully saturated rings. The molecule has 0 spiro atoms. The molecule has 0 radical (unpaired) electrons. The van der Waals surface area contributed by atoms with Crippen LogP contribution in [0.1, 0.15) is 12.5 Å². The van der Waals surface area contributed by atoms with Crippen LogP contribution in [0.5, 0.6) is 5.75 Å². The van der Waals surface area contributed by atoms with Gasteiger partial charge in [-0.1, -0.05) is 36.4 Å². The molecular formula is C23H22N2OS2. The van der Waals surface area contributed by atoms with Gasteiger partial charge in [-0.05, 0) is 54.6 Å². The van der Waals surface area contributed by atoms with Gasteiger partial charge >= 0.3 is 0 Å². The first kappa shape index (κ1) is 18.7. The molecule has 0 N–H and O–H groups in total. The highest BCUT2D eigenvalue weighted by Crippen LogP contribution is 2.26. The number of ether oxygens (including phenoxy) is 1. The molecule has 4 aromatic rings. The van der Waals surface area contributed by atoms with E-state index in [1.165, 1.54) is 16.1 Å². The Balaban J connectivity index is 1.68. The van der Waals surface area contributed by atoms with Crippen molar-refractivity contribution in [1.82, 2.24) is 4.57 Å². The largest absolute Gasteiger partial charge is 0.494 e. The number of nitrogens with zero attached hydrogens (tertiary/aromatic N) is 2. The van der Waals surface area contributed by atoms with Gasteiger partial charge in [0.1, 0.15) is 5.75 Å². The number of benzene rings is 2. The molecule has 28 heavy (non-hydrogen) atoms. The predicted octanol–water partition coefficient (Wildman–Crippen LogP) is 6.15. The lowest BCUT2D eigenvalue weighted by Gasteiger charge is -2.08. The number of rotatable bonds is 7. The fraction of sp³-hybridized carbons (Fsp3) is 0.174. The topological polar surface area (TPSA) is 26.5 Å². The van der Waals surface area contributed by atoms with Crippen molar-refractivity contribution in [2.24, 2.45) is 4.99 Å². The van der Waals surface area contributed by atoms with E-state index in [-0.39, 0.29) is 0 Å². The van der Waals surface area contributed by atoms with Crippen LogP contribution in [0.25, 0.3) is 10.6 Å². The van der Waals surface area contributed by atoms with Crippen molar-refractivity contribution in [3.63, 3.8) is 0 Å². The second kappa shape index (κ2) is 9.04. The molecule has 2 aromatic carbocycles. The van der Waals surface area contributed by atoms with Gasteiger partial charge in [-0.2, -0.15) is 0 Å². The van der Waals surface area contributed by atoms with Crippen LogP contribution < -0.4 is 9.54 Å². The zero-order valence-corrected chi connectivity index (χ0v) is 17.4. The number of thiazole rings is 1. The van der Waals surface area contributed by atoms with Crippen LogP contribution in [0.3, 0.4) is 0 Å². The second-order valence-electron chi connectivity index (χ2n) is 6.31. The van der Waals surface area contributed by atoms with Crippen molar-refractivity contribution in [2.75, 3.05) is 6.61 Å². The highest BCUT2D eigenvalue weighted by molar-refractivity contribution is 7.14. The average Bonchev–Trinajstić information content (AvgIpc) is 3.39. The Hall–Kier alpha value is -2.63. The molecule has 0 unspecified atom stereocenters. The molecule has 142 valence electrons. The first-order chi connectivity index (χ1) is 13.8. The summed E-state index contributed by atoms with van der Waals surface area (Å²) in [5.41, 5.74) is 3.52. The summed E-state index contributed by atoms with van der Waals surface area (Å²) in [5, 5.41) is 4.34. The van der Waals surface area contributed by atoms with Gasteiger partial charge in [-0.3, -0.25) is 0 Å². The van der Waals surface area contributed by atoms with Gasteiger partial charge in [-0.15, -0.1) is 22.7 Å². The third kappa shape index (κ3) is 4.43. The Morgan fingerprint density at radius 2 is 1.75 bits per heavy atom. The van der Waals surface area contributed by atoms with E-state index in [1.807, 2.05) is 31.2 Å². The number of aromatic nitrogens is 1. The van der Waals surface area contributed by atoms with Gasteiger partial charge in [0.25, 0.3) is 0 Å². The van der Waals surface area contributed by atoms with Gasteiger partial charge < -0.3 is 9.30 Å². The van der Waals surface area contributed by atoms with Crippen molar-refractivity contribution in [3.8, 4) is 16.3 Å². The van der Waals surface area contributed by atoms with E-state index < -0.39 is 0 Å². The maximum absolute atomic E-state index is 5.53. The lowest BCUT2D eigenvalue weighted by atomic mass is 10.1. The fourth-order valence-corrected chi connectivity index (χ4v) is 4.81. The van der Waals surface area contributed by atoms with Gasteiger partial charge in [0.2, 0.25) is 0 Å². The van der Waals surface area contributed by atoms with Crippen molar-refractivity contribution in [3.05, 3.63) is 87.9 Å². The van der Waals surface area contributed by atoms with Crippen molar-refractivity contribution in [1.29, 1.82) is 0 Å². The average molecular weight is 407 g/mol. The van der Waals surface area contributed by atoms with Crippen LogP contribution in [0.15, 0.2) is 82.5 Å². The van der Waals surface area contributed by atoms with Crippen LogP contribution in [-0.4, -0.2) is 11.2 Å². The highest BCUT2D eigenvalue weighted by atomic mass is 32.1. The minimum Gasteiger partial charge on any atom is -0.494 e. The molecule has 0 amide bonds. The molecule has 4 rings (SSSR count). The fourth-order valence-electron chi connectivity index (χ4n) is 3.04. The van der Waals surface area contributed by atoms with Crippen LogP contribution in [-0.2, 0) is 13.0 Å². The summed E-state index contributed by atoms with van der Waals surface area (Å²) in [4.78, 5) is 7.21. The summed E-state index contributed by atoms with van der Waals surface area (Å²) in [6.07, 6.45) is 0.979. The molecule has 5 heteroatoms. The quantitative estimate of drug-likeness (QED) is 0.361. The number of hydrogen-bond acceptors (Lipinski definition) is 4. The monoisotopic (exact) mass is 406 g/mol. The minimum atomic E-state index is 0.672. The normalized spacial score (nSPS) is 11.7. The molecule has 2 heterocycles. The van der Waals surface area contributed by atoms with Crippen molar-refractivity contribution in [2.45, 2.75) is 19.9 Å². The van der Waals surface area contributed by atoms with E-state index >= 15 is 0 Å². The third-order valence-corrected chi connectivity index (χ3v) is 6.17. The molecule has 3 nitrogen and oxygen atoms in total. The van der Waals surface area contributed by atoms with Crippen LogP contribution in [0.2, 0.25) is 0 Å². The van der Waals surface area contributed by atoms with Gasteiger partial charge in [0.15, 0.2) is 4.80 Å². The van der Waals surface area contributed by atoms with Gasteiger partial charge in [0, 0.05) is 11.9 Å². The maximum atomic E-state index is 5.53. The number of thiophene rings is 1. The van der Waals surface area contributed by atoms with Crippen LogP contribution in [0, 0.1) is 0 Å².